The molecule has 0 spiro atoms. The summed E-state index contributed by atoms with van der Waals surface area (Å²) in [7, 11) is -3.13. The first-order valence-electron chi connectivity index (χ1n) is 5.13. The van der Waals surface area contributed by atoms with Crippen LogP contribution in [0.25, 0.3) is 0 Å². The predicted molar refractivity (Wildman–Crippen MR) is 70.2 cm³/mol. The monoisotopic (exact) mass is 291 g/mol. The normalized spacial score (nSPS) is 13.1. The molecule has 6 nitrogen and oxygen atoms in total. The SMILES string of the molecule is CS(=O)(=O)CCC(N)C(=O)Nc1cnccc1Cl. The highest BCUT2D eigenvalue weighted by Crippen LogP contribution is 2.19. The zero-order valence-electron chi connectivity index (χ0n) is 9.76. The molecule has 8 heteroatoms. The van der Waals surface area contributed by atoms with Crippen molar-refractivity contribution in [3.8, 4) is 0 Å². The first-order chi connectivity index (χ1) is 8.29. The lowest BCUT2D eigenvalue weighted by Gasteiger charge is -2.12. The molecule has 1 heterocycles. The number of hydrogen-bond donors (Lipinski definition) is 2. The van der Waals surface area contributed by atoms with Gasteiger partial charge in [-0.05, 0) is 12.5 Å². The Kier molecular flexibility index (Phi) is 5.06. The molecule has 0 fully saturated rings. The summed E-state index contributed by atoms with van der Waals surface area (Å²) in [4.78, 5) is 15.5. The number of aromatic nitrogens is 1. The molecule has 0 bridgehead atoms. The first kappa shape index (κ1) is 14.9. The summed E-state index contributed by atoms with van der Waals surface area (Å²) in [5.41, 5.74) is 5.93. The summed E-state index contributed by atoms with van der Waals surface area (Å²) >= 11 is 5.83. The third-order valence-electron chi connectivity index (χ3n) is 2.16. The smallest absolute Gasteiger partial charge is 0.241 e. The summed E-state index contributed by atoms with van der Waals surface area (Å²) in [5.74, 6) is -0.629. The summed E-state index contributed by atoms with van der Waals surface area (Å²) < 4.78 is 21.9. The van der Waals surface area contributed by atoms with Crippen LogP contribution in [0.4, 0.5) is 5.69 Å². The molecular weight excluding hydrogens is 278 g/mol. The summed E-state index contributed by atoms with van der Waals surface area (Å²) in [6.07, 6.45) is 4.03. The van der Waals surface area contributed by atoms with E-state index in [4.69, 9.17) is 17.3 Å². The van der Waals surface area contributed by atoms with Crippen LogP contribution in [0.3, 0.4) is 0 Å². The minimum atomic E-state index is -3.13. The van der Waals surface area contributed by atoms with Crippen LogP contribution in [0.2, 0.25) is 5.02 Å². The van der Waals surface area contributed by atoms with Gasteiger partial charge in [0, 0.05) is 12.5 Å². The van der Waals surface area contributed by atoms with Gasteiger partial charge in [0.05, 0.1) is 28.7 Å². The largest absolute Gasteiger partial charge is 0.322 e. The maximum atomic E-state index is 11.7. The maximum Gasteiger partial charge on any atom is 0.241 e. The number of halogens is 1. The average molecular weight is 292 g/mol. The standard InChI is InChI=1S/C10H14ClN3O3S/c1-18(16,17)5-3-8(12)10(15)14-9-6-13-4-2-7(9)11/h2,4,6,8H,3,5,12H2,1H3,(H,14,15). The van der Waals surface area contributed by atoms with Crippen LogP contribution in [0.1, 0.15) is 6.42 Å². The molecule has 0 saturated carbocycles. The van der Waals surface area contributed by atoms with Crippen LogP contribution in [0.5, 0.6) is 0 Å². The number of anilines is 1. The Bertz CT molecular complexity index is 533. The zero-order chi connectivity index (χ0) is 13.8. The van der Waals surface area contributed by atoms with Gasteiger partial charge in [0.1, 0.15) is 9.84 Å². The molecule has 0 saturated heterocycles. The van der Waals surface area contributed by atoms with Crippen molar-refractivity contribution in [1.82, 2.24) is 4.98 Å². The fourth-order valence-corrected chi connectivity index (χ4v) is 2.00. The lowest BCUT2D eigenvalue weighted by Crippen LogP contribution is -2.37. The van der Waals surface area contributed by atoms with E-state index in [1.165, 1.54) is 18.5 Å². The molecule has 1 atom stereocenters. The number of hydrogen-bond acceptors (Lipinski definition) is 5. The fourth-order valence-electron chi connectivity index (χ4n) is 1.17. The van der Waals surface area contributed by atoms with E-state index >= 15 is 0 Å². The fraction of sp³-hybridized carbons (Fsp3) is 0.400. The maximum absolute atomic E-state index is 11.7. The van der Waals surface area contributed by atoms with Crippen molar-refractivity contribution >= 4 is 33.0 Å². The van der Waals surface area contributed by atoms with Crippen LogP contribution >= 0.6 is 11.6 Å². The Morgan fingerprint density at radius 3 is 2.83 bits per heavy atom. The Hall–Kier alpha value is -1.18. The van der Waals surface area contributed by atoms with Gasteiger partial charge < -0.3 is 11.1 Å². The number of rotatable bonds is 5. The molecule has 0 aromatic carbocycles. The van der Waals surface area contributed by atoms with E-state index in [1.54, 1.807) is 0 Å². The van der Waals surface area contributed by atoms with Crippen LogP contribution < -0.4 is 11.1 Å². The molecule has 1 aromatic heterocycles. The molecule has 0 aliphatic heterocycles. The molecule has 100 valence electrons. The topological polar surface area (TPSA) is 102 Å². The number of carbonyl (C=O) groups is 1. The van der Waals surface area contributed by atoms with Gasteiger partial charge in [0.25, 0.3) is 0 Å². The lowest BCUT2D eigenvalue weighted by atomic mass is 10.2. The van der Waals surface area contributed by atoms with Crippen LogP contribution in [0.15, 0.2) is 18.5 Å². The Morgan fingerprint density at radius 2 is 2.28 bits per heavy atom. The van der Waals surface area contributed by atoms with Gasteiger partial charge in [-0.2, -0.15) is 0 Å². The summed E-state index contributed by atoms with van der Waals surface area (Å²) in [6, 6.07) is 0.620. The third-order valence-corrected chi connectivity index (χ3v) is 3.47. The number of nitrogens with zero attached hydrogens (tertiary/aromatic N) is 1. The second-order valence-electron chi connectivity index (χ2n) is 3.87. The third kappa shape index (κ3) is 4.99. The quantitative estimate of drug-likeness (QED) is 0.819. The molecule has 1 unspecified atom stereocenters. The number of amides is 1. The number of nitrogens with two attached hydrogens (primary N) is 1. The van der Waals surface area contributed by atoms with Gasteiger partial charge in [-0.15, -0.1) is 0 Å². The molecule has 1 rings (SSSR count). The van der Waals surface area contributed by atoms with Crippen molar-refractivity contribution in [2.75, 3.05) is 17.3 Å². The van der Waals surface area contributed by atoms with Gasteiger partial charge >= 0.3 is 0 Å². The Labute approximate surface area is 110 Å². The van der Waals surface area contributed by atoms with Crippen molar-refractivity contribution in [2.45, 2.75) is 12.5 Å². The second kappa shape index (κ2) is 6.12. The number of pyridine rings is 1. The lowest BCUT2D eigenvalue weighted by molar-refractivity contribution is -0.117. The van der Waals surface area contributed by atoms with Gasteiger partial charge in [0.2, 0.25) is 5.91 Å². The second-order valence-corrected chi connectivity index (χ2v) is 6.54. The summed E-state index contributed by atoms with van der Waals surface area (Å²) in [5, 5.41) is 2.83. The van der Waals surface area contributed by atoms with Crippen molar-refractivity contribution in [1.29, 1.82) is 0 Å². The Morgan fingerprint density at radius 1 is 1.61 bits per heavy atom. The minimum Gasteiger partial charge on any atom is -0.322 e. The molecule has 1 amide bonds. The van der Waals surface area contributed by atoms with E-state index in [1.807, 2.05) is 0 Å². The van der Waals surface area contributed by atoms with E-state index in [0.717, 1.165) is 6.26 Å². The van der Waals surface area contributed by atoms with Crippen LogP contribution in [0, 0.1) is 0 Å². The highest BCUT2D eigenvalue weighted by Gasteiger charge is 2.16. The van der Waals surface area contributed by atoms with Crippen molar-refractivity contribution in [2.24, 2.45) is 5.73 Å². The van der Waals surface area contributed by atoms with Crippen LogP contribution in [-0.2, 0) is 14.6 Å². The summed E-state index contributed by atoms with van der Waals surface area (Å²) in [6.45, 7) is 0. The van der Waals surface area contributed by atoms with Gasteiger partial charge in [0.15, 0.2) is 0 Å². The van der Waals surface area contributed by atoms with Crippen molar-refractivity contribution < 1.29 is 13.2 Å². The molecule has 1 aromatic rings. The van der Waals surface area contributed by atoms with E-state index in [2.05, 4.69) is 10.3 Å². The molecule has 0 radical (unpaired) electrons. The van der Waals surface area contributed by atoms with E-state index in [0.29, 0.717) is 10.7 Å². The van der Waals surface area contributed by atoms with E-state index < -0.39 is 21.8 Å². The molecule has 18 heavy (non-hydrogen) atoms. The predicted octanol–water partition coefficient (Wildman–Crippen LogP) is 0.436. The van der Waals surface area contributed by atoms with Gasteiger partial charge in [-0.25, -0.2) is 8.42 Å². The first-order valence-corrected chi connectivity index (χ1v) is 7.57. The highest BCUT2D eigenvalue weighted by atomic mass is 35.5. The molecule has 0 aliphatic rings. The van der Waals surface area contributed by atoms with Crippen LogP contribution in [-0.4, -0.2) is 37.4 Å². The van der Waals surface area contributed by atoms with Gasteiger partial charge in [-0.3, -0.25) is 9.78 Å². The highest BCUT2D eigenvalue weighted by molar-refractivity contribution is 7.90. The minimum absolute atomic E-state index is 0.0581. The zero-order valence-corrected chi connectivity index (χ0v) is 11.3. The van der Waals surface area contributed by atoms with E-state index in [-0.39, 0.29) is 12.2 Å². The average Bonchev–Trinajstić information content (AvgIpc) is 2.28. The van der Waals surface area contributed by atoms with E-state index in [9.17, 15) is 13.2 Å². The Balaban J connectivity index is 2.58. The molecular formula is C10H14ClN3O3S. The molecule has 3 N–H and O–H groups in total. The number of sulfone groups is 1. The van der Waals surface area contributed by atoms with Crippen molar-refractivity contribution in [3.05, 3.63) is 23.5 Å². The van der Waals surface area contributed by atoms with Gasteiger partial charge in [-0.1, -0.05) is 11.6 Å². The van der Waals surface area contributed by atoms with Crippen molar-refractivity contribution in [3.63, 3.8) is 0 Å². The molecule has 0 aliphatic carbocycles. The number of carbonyl (C=O) groups excluding carboxylic acids is 1. The number of nitrogens with one attached hydrogen (secondary N) is 1.